The number of carbonyl (C=O) groups excluding carboxylic acids is 1. The van der Waals surface area contributed by atoms with Crippen LogP contribution in [0.3, 0.4) is 0 Å². The van der Waals surface area contributed by atoms with Gasteiger partial charge in [0.05, 0.1) is 11.3 Å². The van der Waals surface area contributed by atoms with Gasteiger partial charge in [0.1, 0.15) is 22.8 Å². The highest BCUT2D eigenvalue weighted by Gasteiger charge is 2.32. The SMILES string of the molecule is CCc1cc2c(N3CCCC(C(=O)N4CCN(c5ccccn5)CC4)C3)ncnc2s1. The molecule has 0 radical (unpaired) electrons. The molecule has 2 saturated heterocycles. The molecule has 2 aliphatic rings. The Bertz CT molecular complexity index is 1050. The second kappa shape index (κ2) is 8.78. The number of hydrogen-bond donors (Lipinski definition) is 0. The summed E-state index contributed by atoms with van der Waals surface area (Å²) in [7, 11) is 0. The summed E-state index contributed by atoms with van der Waals surface area (Å²) in [5.41, 5.74) is 0. The number of pyridine rings is 1. The third-order valence-corrected chi connectivity index (χ3v) is 7.53. The number of nitrogens with zero attached hydrogens (tertiary/aromatic N) is 6. The zero-order chi connectivity index (χ0) is 21.2. The highest BCUT2D eigenvalue weighted by molar-refractivity contribution is 7.18. The molecule has 0 bridgehead atoms. The molecule has 3 aromatic rings. The van der Waals surface area contributed by atoms with Crippen LogP contribution in [0.15, 0.2) is 36.8 Å². The van der Waals surface area contributed by atoms with Crippen LogP contribution in [-0.2, 0) is 11.2 Å². The molecule has 0 spiro atoms. The minimum absolute atomic E-state index is 0.0319. The van der Waals surface area contributed by atoms with E-state index in [-0.39, 0.29) is 11.8 Å². The van der Waals surface area contributed by atoms with Crippen molar-refractivity contribution in [2.75, 3.05) is 49.1 Å². The van der Waals surface area contributed by atoms with Gasteiger partial charge in [0.15, 0.2) is 0 Å². The highest BCUT2D eigenvalue weighted by atomic mass is 32.1. The first-order chi connectivity index (χ1) is 15.2. The number of amides is 1. The van der Waals surface area contributed by atoms with E-state index >= 15 is 0 Å². The lowest BCUT2D eigenvalue weighted by molar-refractivity contribution is -0.136. The molecule has 7 nitrogen and oxygen atoms in total. The van der Waals surface area contributed by atoms with Gasteiger partial charge in [0.25, 0.3) is 0 Å². The fourth-order valence-electron chi connectivity index (χ4n) is 4.65. The summed E-state index contributed by atoms with van der Waals surface area (Å²) in [6, 6.07) is 8.20. The lowest BCUT2D eigenvalue weighted by Gasteiger charge is -2.39. The average molecular weight is 437 g/mol. The van der Waals surface area contributed by atoms with E-state index in [2.05, 4.69) is 37.7 Å². The van der Waals surface area contributed by atoms with Crippen molar-refractivity contribution in [3.8, 4) is 0 Å². The minimum atomic E-state index is 0.0319. The van der Waals surface area contributed by atoms with Gasteiger partial charge in [-0.1, -0.05) is 13.0 Å². The average Bonchev–Trinajstić information content (AvgIpc) is 3.28. The van der Waals surface area contributed by atoms with Crippen LogP contribution in [-0.4, -0.2) is 65.0 Å². The molecule has 3 aromatic heterocycles. The van der Waals surface area contributed by atoms with Gasteiger partial charge in [-0.15, -0.1) is 11.3 Å². The van der Waals surface area contributed by atoms with E-state index in [1.165, 1.54) is 4.88 Å². The molecule has 0 aliphatic carbocycles. The van der Waals surface area contributed by atoms with Crippen LogP contribution in [0.5, 0.6) is 0 Å². The molecule has 31 heavy (non-hydrogen) atoms. The lowest BCUT2D eigenvalue weighted by atomic mass is 9.96. The first-order valence-electron chi connectivity index (χ1n) is 11.2. The number of thiophene rings is 1. The quantitative estimate of drug-likeness (QED) is 0.626. The van der Waals surface area contributed by atoms with Crippen molar-refractivity contribution in [1.82, 2.24) is 19.9 Å². The number of carbonyl (C=O) groups is 1. The molecule has 1 atom stereocenters. The zero-order valence-electron chi connectivity index (χ0n) is 17.9. The summed E-state index contributed by atoms with van der Waals surface area (Å²) in [4.78, 5) is 35.8. The van der Waals surface area contributed by atoms with E-state index in [9.17, 15) is 4.79 Å². The third-order valence-electron chi connectivity index (χ3n) is 6.34. The van der Waals surface area contributed by atoms with Crippen LogP contribution in [0.25, 0.3) is 10.2 Å². The molecule has 0 saturated carbocycles. The van der Waals surface area contributed by atoms with E-state index in [1.54, 1.807) is 17.7 Å². The van der Waals surface area contributed by atoms with Crippen LogP contribution in [0.2, 0.25) is 0 Å². The summed E-state index contributed by atoms with van der Waals surface area (Å²) in [5.74, 6) is 2.30. The Morgan fingerprint density at radius 3 is 2.74 bits per heavy atom. The van der Waals surface area contributed by atoms with Gasteiger partial charge in [-0.2, -0.15) is 0 Å². The summed E-state index contributed by atoms with van der Waals surface area (Å²) >= 11 is 1.74. The number of rotatable bonds is 4. The van der Waals surface area contributed by atoms with E-state index in [1.807, 2.05) is 29.3 Å². The molecule has 1 unspecified atom stereocenters. The molecule has 2 fully saturated rings. The van der Waals surface area contributed by atoms with Crippen molar-refractivity contribution < 1.29 is 4.79 Å². The Kier molecular flexibility index (Phi) is 5.72. The monoisotopic (exact) mass is 436 g/mol. The van der Waals surface area contributed by atoms with Crippen molar-refractivity contribution >= 4 is 39.1 Å². The van der Waals surface area contributed by atoms with Crippen LogP contribution >= 0.6 is 11.3 Å². The van der Waals surface area contributed by atoms with Crippen LogP contribution in [0, 0.1) is 5.92 Å². The fourth-order valence-corrected chi connectivity index (χ4v) is 5.57. The Labute approximate surface area is 186 Å². The molecule has 0 N–H and O–H groups in total. The largest absolute Gasteiger partial charge is 0.355 e. The lowest BCUT2D eigenvalue weighted by Crippen LogP contribution is -2.52. The van der Waals surface area contributed by atoms with Crippen molar-refractivity contribution in [3.63, 3.8) is 0 Å². The van der Waals surface area contributed by atoms with Crippen LogP contribution in [0.1, 0.15) is 24.6 Å². The molecular formula is C23H28N6OS. The predicted molar refractivity (Wildman–Crippen MR) is 125 cm³/mol. The normalized spacial score (nSPS) is 19.8. The third kappa shape index (κ3) is 4.08. The van der Waals surface area contributed by atoms with E-state index in [4.69, 9.17) is 0 Å². The van der Waals surface area contributed by atoms with E-state index in [0.717, 1.165) is 80.4 Å². The second-order valence-electron chi connectivity index (χ2n) is 8.27. The molecule has 5 rings (SSSR count). The Morgan fingerprint density at radius 1 is 1.10 bits per heavy atom. The number of fused-ring (bicyclic) bond motifs is 1. The number of piperazine rings is 1. The molecule has 5 heterocycles. The van der Waals surface area contributed by atoms with Crippen LogP contribution in [0.4, 0.5) is 11.6 Å². The van der Waals surface area contributed by atoms with Crippen molar-refractivity contribution in [2.45, 2.75) is 26.2 Å². The summed E-state index contributed by atoms with van der Waals surface area (Å²) < 4.78 is 0. The smallest absolute Gasteiger partial charge is 0.227 e. The minimum Gasteiger partial charge on any atom is -0.355 e. The van der Waals surface area contributed by atoms with E-state index in [0.29, 0.717) is 0 Å². The summed E-state index contributed by atoms with van der Waals surface area (Å²) in [6.07, 6.45) is 6.46. The van der Waals surface area contributed by atoms with E-state index < -0.39 is 0 Å². The molecular weight excluding hydrogens is 408 g/mol. The maximum Gasteiger partial charge on any atom is 0.227 e. The predicted octanol–water partition coefficient (Wildman–Crippen LogP) is 3.21. The molecule has 8 heteroatoms. The summed E-state index contributed by atoms with van der Waals surface area (Å²) in [6.45, 7) is 7.04. The Hall–Kier alpha value is -2.74. The van der Waals surface area contributed by atoms with Gasteiger partial charge < -0.3 is 14.7 Å². The van der Waals surface area contributed by atoms with Gasteiger partial charge in [-0.05, 0) is 37.5 Å². The number of anilines is 2. The first kappa shape index (κ1) is 20.2. The van der Waals surface area contributed by atoms with Gasteiger partial charge in [0.2, 0.25) is 5.91 Å². The Balaban J connectivity index is 1.26. The number of aryl methyl sites for hydroxylation is 1. The van der Waals surface area contributed by atoms with Gasteiger partial charge in [0, 0.05) is 50.3 Å². The zero-order valence-corrected chi connectivity index (χ0v) is 18.7. The standard InChI is InChI=1S/C23H28N6OS/c1-2-18-14-19-21(25-16-26-22(19)31-18)29-9-5-6-17(15-29)23(30)28-12-10-27(11-13-28)20-7-3-4-8-24-20/h3-4,7-8,14,16-17H,2,5-6,9-13,15H2,1H3. The first-order valence-corrected chi connectivity index (χ1v) is 12.0. The number of aromatic nitrogens is 3. The molecule has 0 aromatic carbocycles. The van der Waals surface area contributed by atoms with Crippen molar-refractivity contribution in [1.29, 1.82) is 0 Å². The number of piperidine rings is 1. The Morgan fingerprint density at radius 2 is 1.97 bits per heavy atom. The van der Waals surface area contributed by atoms with Gasteiger partial charge >= 0.3 is 0 Å². The van der Waals surface area contributed by atoms with Gasteiger partial charge in [-0.25, -0.2) is 15.0 Å². The molecule has 2 aliphatic heterocycles. The molecule has 1 amide bonds. The van der Waals surface area contributed by atoms with Crippen molar-refractivity contribution in [2.24, 2.45) is 5.92 Å². The maximum absolute atomic E-state index is 13.3. The van der Waals surface area contributed by atoms with Crippen molar-refractivity contribution in [3.05, 3.63) is 41.7 Å². The number of hydrogen-bond acceptors (Lipinski definition) is 7. The maximum atomic E-state index is 13.3. The second-order valence-corrected chi connectivity index (χ2v) is 9.38. The topological polar surface area (TPSA) is 65.5 Å². The van der Waals surface area contributed by atoms with Gasteiger partial charge in [-0.3, -0.25) is 4.79 Å². The summed E-state index contributed by atoms with van der Waals surface area (Å²) in [5, 5.41) is 1.13. The fraction of sp³-hybridized carbons (Fsp3) is 0.478. The highest BCUT2D eigenvalue weighted by Crippen LogP contribution is 2.33. The van der Waals surface area contributed by atoms with Crippen LogP contribution < -0.4 is 9.80 Å². The molecule has 162 valence electrons.